The molecular weight excluding hydrogens is 293 g/mol. The van der Waals surface area contributed by atoms with Crippen molar-refractivity contribution in [2.45, 2.75) is 0 Å². The van der Waals surface area contributed by atoms with E-state index < -0.39 is 0 Å². The molecule has 1 aromatic carbocycles. The summed E-state index contributed by atoms with van der Waals surface area (Å²) in [6.07, 6.45) is 1.30. The van der Waals surface area contributed by atoms with Gasteiger partial charge in [-0.15, -0.1) is 0 Å². The molecule has 1 heterocycles. The maximum atomic E-state index is 11.2. The van der Waals surface area contributed by atoms with E-state index in [1.807, 2.05) is 24.3 Å². The van der Waals surface area contributed by atoms with E-state index in [0.717, 1.165) is 10.2 Å². The number of rotatable bonds is 2. The quantitative estimate of drug-likeness (QED) is 0.896. The van der Waals surface area contributed by atoms with Gasteiger partial charge in [-0.05, 0) is 18.2 Å². The minimum Gasteiger partial charge on any atom is -0.339 e. The first-order valence-corrected chi connectivity index (χ1v) is 5.59. The number of hydrogen-bond donors (Lipinski definition) is 2. The number of H-pyrrole nitrogens is 1. The molecule has 0 saturated carbocycles. The van der Waals surface area contributed by atoms with Crippen molar-refractivity contribution in [1.82, 2.24) is 9.97 Å². The molecule has 0 aliphatic heterocycles. The lowest BCUT2D eigenvalue weighted by Gasteiger charge is -2.06. The highest BCUT2D eigenvalue weighted by molar-refractivity contribution is 9.10. The van der Waals surface area contributed by atoms with Crippen molar-refractivity contribution in [3.63, 3.8) is 0 Å². The average Bonchev–Trinajstić information content (AvgIpc) is 2.25. The van der Waals surface area contributed by atoms with E-state index >= 15 is 0 Å². The number of aromatic amines is 1. The van der Waals surface area contributed by atoms with E-state index in [0.29, 0.717) is 5.82 Å². The highest BCUT2D eigenvalue weighted by Crippen LogP contribution is 2.21. The summed E-state index contributed by atoms with van der Waals surface area (Å²) in [4.78, 5) is 17.6. The molecule has 0 bridgehead atoms. The summed E-state index contributed by atoms with van der Waals surface area (Å²) >= 11 is 9.15. The van der Waals surface area contributed by atoms with E-state index in [4.69, 9.17) is 11.6 Å². The number of benzene rings is 1. The molecule has 0 aliphatic rings. The molecular formula is C10H7BrClN3O. The van der Waals surface area contributed by atoms with Crippen LogP contribution in [0.3, 0.4) is 0 Å². The Hall–Kier alpha value is -1.33. The molecule has 0 unspecified atom stereocenters. The van der Waals surface area contributed by atoms with Crippen LogP contribution in [0.4, 0.5) is 11.5 Å². The maximum absolute atomic E-state index is 11.2. The van der Waals surface area contributed by atoms with Crippen molar-refractivity contribution in [1.29, 1.82) is 0 Å². The predicted octanol–water partition coefficient (Wildman–Crippen LogP) is 2.93. The highest BCUT2D eigenvalue weighted by Gasteiger charge is 2.05. The van der Waals surface area contributed by atoms with Gasteiger partial charge in [-0.3, -0.25) is 4.79 Å². The third-order valence-corrected chi connectivity index (χ3v) is 2.73. The monoisotopic (exact) mass is 299 g/mol. The Morgan fingerprint density at radius 1 is 1.44 bits per heavy atom. The second-order valence-corrected chi connectivity index (χ2v) is 4.32. The lowest BCUT2D eigenvalue weighted by molar-refractivity contribution is 1.12. The van der Waals surface area contributed by atoms with Gasteiger partial charge in [0.15, 0.2) is 5.82 Å². The summed E-state index contributed by atoms with van der Waals surface area (Å²) in [5.74, 6) is 0.337. The Bertz CT molecular complexity index is 570. The fourth-order valence-electron chi connectivity index (χ4n) is 1.17. The van der Waals surface area contributed by atoms with Crippen molar-refractivity contribution >= 4 is 39.0 Å². The first kappa shape index (κ1) is 11.2. The van der Waals surface area contributed by atoms with Gasteiger partial charge in [0.2, 0.25) is 0 Å². The number of nitrogens with zero attached hydrogens (tertiary/aromatic N) is 1. The molecule has 0 spiro atoms. The summed E-state index contributed by atoms with van der Waals surface area (Å²) in [5.41, 5.74) is 0.434. The molecule has 6 heteroatoms. The molecule has 82 valence electrons. The molecule has 0 fully saturated rings. The first-order chi connectivity index (χ1) is 7.66. The first-order valence-electron chi connectivity index (χ1n) is 4.42. The molecule has 0 amide bonds. The largest absolute Gasteiger partial charge is 0.339 e. The predicted molar refractivity (Wildman–Crippen MR) is 67.3 cm³/mol. The van der Waals surface area contributed by atoms with E-state index in [1.165, 1.54) is 6.33 Å². The van der Waals surface area contributed by atoms with Crippen molar-refractivity contribution < 1.29 is 0 Å². The van der Waals surface area contributed by atoms with Crippen LogP contribution in [0, 0.1) is 0 Å². The fraction of sp³-hybridized carbons (Fsp3) is 0. The maximum Gasteiger partial charge on any atom is 0.271 e. The van der Waals surface area contributed by atoms with Crippen LogP contribution in [0.2, 0.25) is 5.02 Å². The van der Waals surface area contributed by atoms with E-state index in [2.05, 4.69) is 31.2 Å². The minimum atomic E-state index is -0.367. The molecule has 0 aliphatic carbocycles. The van der Waals surface area contributed by atoms with Crippen LogP contribution >= 0.6 is 27.5 Å². The van der Waals surface area contributed by atoms with Gasteiger partial charge in [-0.2, -0.15) is 0 Å². The Labute approximate surface area is 105 Å². The summed E-state index contributed by atoms with van der Waals surface area (Å²) < 4.78 is 0.929. The van der Waals surface area contributed by atoms with Crippen LogP contribution < -0.4 is 10.9 Å². The lowest BCUT2D eigenvalue weighted by atomic mass is 10.3. The molecule has 2 N–H and O–H groups in total. The van der Waals surface area contributed by atoms with Gasteiger partial charge in [0.25, 0.3) is 5.56 Å². The third-order valence-electron chi connectivity index (χ3n) is 1.88. The van der Waals surface area contributed by atoms with Gasteiger partial charge >= 0.3 is 0 Å². The van der Waals surface area contributed by atoms with Crippen LogP contribution in [0.15, 0.2) is 39.9 Å². The van der Waals surface area contributed by atoms with E-state index in [-0.39, 0.29) is 10.6 Å². The Balaban J connectivity index is 2.34. The molecule has 16 heavy (non-hydrogen) atoms. The summed E-state index contributed by atoms with van der Waals surface area (Å²) in [6, 6.07) is 7.48. The van der Waals surface area contributed by atoms with Crippen molar-refractivity contribution in [3.05, 3.63) is 50.4 Å². The Kier molecular flexibility index (Phi) is 3.26. The average molecular weight is 301 g/mol. The van der Waals surface area contributed by atoms with E-state index in [9.17, 15) is 4.79 Å². The molecule has 0 radical (unpaired) electrons. The molecule has 2 aromatic rings. The molecule has 2 rings (SSSR count). The molecule has 1 aromatic heterocycles. The van der Waals surface area contributed by atoms with Gasteiger partial charge in [-0.1, -0.05) is 33.6 Å². The fourth-order valence-corrected chi connectivity index (χ4v) is 1.72. The number of nitrogens with one attached hydrogen (secondary N) is 2. The molecule has 0 atom stereocenters. The van der Waals surface area contributed by atoms with Crippen LogP contribution in [0.1, 0.15) is 0 Å². The molecule has 4 nitrogen and oxygen atoms in total. The number of anilines is 2. The van der Waals surface area contributed by atoms with Crippen LogP contribution in [0.5, 0.6) is 0 Å². The van der Waals surface area contributed by atoms with Gasteiger partial charge in [0, 0.05) is 10.2 Å². The minimum absolute atomic E-state index is 0.0440. The lowest BCUT2D eigenvalue weighted by Crippen LogP contribution is -2.09. The zero-order valence-electron chi connectivity index (χ0n) is 8.00. The van der Waals surface area contributed by atoms with Crippen molar-refractivity contribution in [2.75, 3.05) is 5.32 Å². The van der Waals surface area contributed by atoms with Crippen LogP contribution in [0.25, 0.3) is 0 Å². The topological polar surface area (TPSA) is 57.8 Å². The zero-order chi connectivity index (χ0) is 11.5. The second kappa shape index (κ2) is 4.67. The standard InChI is InChI=1S/C10H7BrClN3O/c11-6-2-1-3-7(4-6)15-9-8(12)10(16)14-5-13-9/h1-5H,(H2,13,14,15,16). The van der Waals surface area contributed by atoms with Gasteiger partial charge in [-0.25, -0.2) is 4.98 Å². The summed E-state index contributed by atoms with van der Waals surface area (Å²) in [7, 11) is 0. The second-order valence-electron chi connectivity index (χ2n) is 3.03. The van der Waals surface area contributed by atoms with Crippen LogP contribution in [-0.4, -0.2) is 9.97 Å². The van der Waals surface area contributed by atoms with E-state index in [1.54, 1.807) is 0 Å². The highest BCUT2D eigenvalue weighted by atomic mass is 79.9. The smallest absolute Gasteiger partial charge is 0.271 e. The number of aromatic nitrogens is 2. The number of halogens is 2. The molecule has 0 saturated heterocycles. The van der Waals surface area contributed by atoms with Gasteiger partial charge in [0.05, 0.1) is 6.33 Å². The zero-order valence-corrected chi connectivity index (χ0v) is 10.3. The normalized spacial score (nSPS) is 10.1. The van der Waals surface area contributed by atoms with Crippen molar-refractivity contribution in [3.8, 4) is 0 Å². The summed E-state index contributed by atoms with van der Waals surface area (Å²) in [5, 5.41) is 3.00. The SMILES string of the molecule is O=c1[nH]cnc(Nc2cccc(Br)c2)c1Cl. The third kappa shape index (κ3) is 2.43. The Morgan fingerprint density at radius 2 is 2.25 bits per heavy atom. The van der Waals surface area contributed by atoms with Crippen LogP contribution in [-0.2, 0) is 0 Å². The number of hydrogen-bond acceptors (Lipinski definition) is 3. The summed E-state index contributed by atoms with van der Waals surface area (Å²) in [6.45, 7) is 0. The van der Waals surface area contributed by atoms with Gasteiger partial charge in [0.1, 0.15) is 5.02 Å². The van der Waals surface area contributed by atoms with Crippen molar-refractivity contribution in [2.24, 2.45) is 0 Å². The Morgan fingerprint density at radius 3 is 3.00 bits per heavy atom. The van der Waals surface area contributed by atoms with Gasteiger partial charge < -0.3 is 10.3 Å².